The van der Waals surface area contributed by atoms with E-state index < -0.39 is 11.9 Å². The Morgan fingerprint density at radius 3 is 1.00 bits per heavy atom. The van der Waals surface area contributed by atoms with Crippen molar-refractivity contribution in [3.63, 3.8) is 0 Å². The third-order valence-corrected chi connectivity index (χ3v) is 7.93. The zero-order valence-electron chi connectivity index (χ0n) is 24.6. The van der Waals surface area contributed by atoms with Crippen molar-refractivity contribution in [3.8, 4) is 33.8 Å². The first-order valence-corrected chi connectivity index (χ1v) is 14.7. The molecule has 7 aromatic rings. The highest BCUT2D eigenvalue weighted by Gasteiger charge is 2.18. The lowest BCUT2D eigenvalue weighted by Crippen LogP contribution is -2.08. The van der Waals surface area contributed by atoms with Gasteiger partial charge in [0, 0.05) is 11.4 Å². The fraction of sp³-hybridized carbons (Fsp3) is 0. The van der Waals surface area contributed by atoms with Gasteiger partial charge >= 0.3 is 11.9 Å². The van der Waals surface area contributed by atoms with Gasteiger partial charge in [-0.25, -0.2) is 9.59 Å². The van der Waals surface area contributed by atoms with Gasteiger partial charge in [-0.05, 0) is 117 Å². The number of fused-ring (bicyclic) bond motifs is 2. The van der Waals surface area contributed by atoms with Crippen LogP contribution in [0.5, 0.6) is 11.5 Å². The lowest BCUT2D eigenvalue weighted by Gasteiger charge is -2.18. The van der Waals surface area contributed by atoms with Gasteiger partial charge < -0.3 is 20.9 Å². The number of hydrogen-bond acceptors (Lipinski definition) is 6. The first-order valence-electron chi connectivity index (χ1n) is 14.7. The number of rotatable bonds is 6. The number of nitrogens with two attached hydrogens (primary N) is 2. The van der Waals surface area contributed by atoms with E-state index in [1.807, 2.05) is 48.5 Å². The Morgan fingerprint density at radius 1 is 0.391 bits per heavy atom. The molecule has 0 aliphatic heterocycles. The van der Waals surface area contributed by atoms with Gasteiger partial charge in [-0.2, -0.15) is 0 Å². The summed E-state index contributed by atoms with van der Waals surface area (Å²) in [5.41, 5.74) is 17.7. The molecule has 7 rings (SSSR count). The number of benzene rings is 7. The Labute approximate surface area is 265 Å². The van der Waals surface area contributed by atoms with Gasteiger partial charge in [0.05, 0.1) is 11.1 Å². The molecule has 6 nitrogen and oxygen atoms in total. The van der Waals surface area contributed by atoms with Gasteiger partial charge in [0.15, 0.2) is 0 Å². The summed E-state index contributed by atoms with van der Waals surface area (Å²) in [5, 5.41) is 4.28. The smallest absolute Gasteiger partial charge is 0.343 e. The molecule has 0 atom stereocenters. The standard InChI is InChI=1S/C40H28N2O4/c41-29-17-21-31(22-18-29)45-39(43)27-13-9-25(10-14-27)37-33-5-1-2-6-34(33)38(36-8-4-3-7-35(36)37)26-11-15-28(16-12-26)40(44)46-32-23-19-30(42)20-24-32/h1-24H,41-42H2. The quantitative estimate of drug-likeness (QED) is 0.0855. The average Bonchev–Trinajstić information content (AvgIpc) is 3.09. The topological polar surface area (TPSA) is 105 Å². The number of carbonyl (C=O) groups excluding carboxylic acids is 2. The molecule has 0 aromatic heterocycles. The third kappa shape index (κ3) is 5.51. The van der Waals surface area contributed by atoms with E-state index in [4.69, 9.17) is 20.9 Å². The second kappa shape index (κ2) is 11.9. The normalized spacial score (nSPS) is 11.0. The molecule has 7 aromatic carbocycles. The van der Waals surface area contributed by atoms with Crippen LogP contribution in [0, 0.1) is 0 Å². The highest BCUT2D eigenvalue weighted by atomic mass is 16.5. The Balaban J connectivity index is 1.25. The van der Waals surface area contributed by atoms with Crippen LogP contribution in [0.25, 0.3) is 43.8 Å². The first kappa shape index (κ1) is 28.4. The number of hydrogen-bond donors (Lipinski definition) is 2. The minimum Gasteiger partial charge on any atom is -0.423 e. The number of anilines is 2. The van der Waals surface area contributed by atoms with Crippen LogP contribution >= 0.6 is 0 Å². The SMILES string of the molecule is Nc1ccc(OC(=O)c2ccc(-c3c4ccccc4c(-c4ccc(C(=O)Oc5ccc(N)cc5)cc4)c4ccccc34)cc2)cc1. The zero-order chi connectivity index (χ0) is 31.6. The molecule has 0 fully saturated rings. The van der Waals surface area contributed by atoms with Gasteiger partial charge in [-0.3, -0.25) is 0 Å². The van der Waals surface area contributed by atoms with Crippen molar-refractivity contribution in [1.29, 1.82) is 0 Å². The Morgan fingerprint density at radius 2 is 0.696 bits per heavy atom. The molecule has 0 aliphatic rings. The van der Waals surface area contributed by atoms with Gasteiger partial charge in [0.25, 0.3) is 0 Å². The molecule has 0 amide bonds. The van der Waals surface area contributed by atoms with E-state index in [1.54, 1.807) is 72.8 Å². The van der Waals surface area contributed by atoms with Crippen LogP contribution < -0.4 is 20.9 Å². The summed E-state index contributed by atoms with van der Waals surface area (Å²) in [7, 11) is 0. The maximum Gasteiger partial charge on any atom is 0.343 e. The maximum atomic E-state index is 12.9. The van der Waals surface area contributed by atoms with E-state index in [9.17, 15) is 9.59 Å². The summed E-state index contributed by atoms with van der Waals surface area (Å²) in [6, 6.07) is 45.0. The summed E-state index contributed by atoms with van der Waals surface area (Å²) in [4.78, 5) is 25.7. The third-order valence-electron chi connectivity index (χ3n) is 7.93. The highest BCUT2D eigenvalue weighted by molar-refractivity contribution is 6.21. The van der Waals surface area contributed by atoms with E-state index in [0.29, 0.717) is 34.0 Å². The van der Waals surface area contributed by atoms with Crippen molar-refractivity contribution in [3.05, 3.63) is 157 Å². The first-order chi connectivity index (χ1) is 22.4. The molecule has 0 unspecified atom stereocenters. The minimum absolute atomic E-state index is 0.433. The molecule has 46 heavy (non-hydrogen) atoms. The van der Waals surface area contributed by atoms with Crippen molar-refractivity contribution in [2.75, 3.05) is 11.5 Å². The van der Waals surface area contributed by atoms with E-state index in [1.165, 1.54) is 0 Å². The highest BCUT2D eigenvalue weighted by Crippen LogP contribution is 2.43. The number of nitrogen functional groups attached to an aromatic ring is 2. The van der Waals surface area contributed by atoms with Crippen LogP contribution in [0.15, 0.2) is 146 Å². The van der Waals surface area contributed by atoms with Gasteiger partial charge in [-0.1, -0.05) is 72.8 Å². The predicted molar refractivity (Wildman–Crippen MR) is 184 cm³/mol. The second-order valence-corrected chi connectivity index (χ2v) is 10.9. The molecule has 0 radical (unpaired) electrons. The van der Waals surface area contributed by atoms with Crippen molar-refractivity contribution in [2.45, 2.75) is 0 Å². The molecular formula is C40H28N2O4. The van der Waals surface area contributed by atoms with Crippen molar-refractivity contribution >= 4 is 44.9 Å². The van der Waals surface area contributed by atoms with Gasteiger partial charge in [0.1, 0.15) is 11.5 Å². The molecule has 4 N–H and O–H groups in total. The van der Waals surface area contributed by atoms with Crippen LogP contribution in [0.3, 0.4) is 0 Å². The number of ether oxygens (including phenoxy) is 2. The molecule has 0 aliphatic carbocycles. The average molecular weight is 601 g/mol. The molecular weight excluding hydrogens is 572 g/mol. The minimum atomic E-state index is -0.442. The van der Waals surface area contributed by atoms with Crippen molar-refractivity contribution < 1.29 is 19.1 Å². The molecule has 0 bridgehead atoms. The molecule has 0 spiro atoms. The second-order valence-electron chi connectivity index (χ2n) is 10.9. The van der Waals surface area contributed by atoms with E-state index >= 15 is 0 Å². The Bertz CT molecular complexity index is 2010. The fourth-order valence-electron chi connectivity index (χ4n) is 5.70. The molecule has 0 heterocycles. The van der Waals surface area contributed by atoms with Gasteiger partial charge in [-0.15, -0.1) is 0 Å². The van der Waals surface area contributed by atoms with Crippen LogP contribution in [0.1, 0.15) is 20.7 Å². The fourth-order valence-corrected chi connectivity index (χ4v) is 5.70. The molecule has 0 saturated carbocycles. The maximum absolute atomic E-state index is 12.9. The monoisotopic (exact) mass is 600 g/mol. The molecule has 222 valence electrons. The van der Waals surface area contributed by atoms with E-state index in [0.717, 1.165) is 43.8 Å². The molecule has 6 heteroatoms. The zero-order valence-corrected chi connectivity index (χ0v) is 24.6. The van der Waals surface area contributed by atoms with Gasteiger partial charge in [0.2, 0.25) is 0 Å². The predicted octanol–water partition coefficient (Wildman–Crippen LogP) is 8.93. The Kier molecular flexibility index (Phi) is 7.37. The van der Waals surface area contributed by atoms with E-state index in [-0.39, 0.29) is 0 Å². The number of esters is 2. The lowest BCUT2D eigenvalue weighted by molar-refractivity contribution is 0.0725. The summed E-state index contributed by atoms with van der Waals surface area (Å²) in [5.74, 6) is -0.0190. The summed E-state index contributed by atoms with van der Waals surface area (Å²) >= 11 is 0. The largest absolute Gasteiger partial charge is 0.423 e. The Hall–Kier alpha value is -6.40. The van der Waals surface area contributed by atoms with Crippen LogP contribution in [-0.2, 0) is 0 Å². The van der Waals surface area contributed by atoms with Crippen LogP contribution in [0.4, 0.5) is 11.4 Å². The van der Waals surface area contributed by atoms with Crippen molar-refractivity contribution in [1.82, 2.24) is 0 Å². The summed E-state index contributed by atoms with van der Waals surface area (Å²) < 4.78 is 11.1. The summed E-state index contributed by atoms with van der Waals surface area (Å²) in [6.45, 7) is 0. The van der Waals surface area contributed by atoms with Crippen LogP contribution in [-0.4, -0.2) is 11.9 Å². The van der Waals surface area contributed by atoms with E-state index in [2.05, 4.69) is 24.3 Å². The van der Waals surface area contributed by atoms with Crippen LogP contribution in [0.2, 0.25) is 0 Å². The number of carbonyl (C=O) groups is 2. The van der Waals surface area contributed by atoms with Crippen molar-refractivity contribution in [2.24, 2.45) is 0 Å². The molecule has 0 saturated heterocycles. The lowest BCUT2D eigenvalue weighted by atomic mass is 9.86. The summed E-state index contributed by atoms with van der Waals surface area (Å²) in [6.07, 6.45) is 0.